The van der Waals surface area contributed by atoms with Crippen LogP contribution < -0.4 is 0 Å². The Bertz CT molecular complexity index is 412. The molecule has 1 aromatic rings. The quantitative estimate of drug-likeness (QED) is 0.601. The van der Waals surface area contributed by atoms with E-state index in [2.05, 4.69) is 0 Å². The van der Waals surface area contributed by atoms with Gasteiger partial charge < -0.3 is 0 Å². The van der Waals surface area contributed by atoms with E-state index in [0.717, 1.165) is 18.6 Å². The first-order valence-corrected chi connectivity index (χ1v) is 5.09. The van der Waals surface area contributed by atoms with Gasteiger partial charge in [0.05, 0.1) is 0 Å². The van der Waals surface area contributed by atoms with E-state index >= 15 is 0 Å². The molecule has 15 heavy (non-hydrogen) atoms. The van der Waals surface area contributed by atoms with Gasteiger partial charge in [-0.2, -0.15) is 0 Å². The van der Waals surface area contributed by atoms with Gasteiger partial charge in [0.2, 0.25) is 0 Å². The first kappa shape index (κ1) is 10.3. The highest BCUT2D eigenvalue weighted by atomic mass is 19.1. The summed E-state index contributed by atoms with van der Waals surface area (Å²) in [4.78, 5) is 11.7. The lowest BCUT2D eigenvalue weighted by atomic mass is 10.0. The zero-order valence-corrected chi connectivity index (χ0v) is 8.52. The van der Waals surface area contributed by atoms with Gasteiger partial charge in [-0.1, -0.05) is 6.92 Å². The smallest absolute Gasteiger partial charge is 0.163 e. The molecule has 3 heteroatoms. The Labute approximate surface area is 87.1 Å². The number of halogens is 2. The number of hydrogen-bond donors (Lipinski definition) is 0. The lowest BCUT2D eigenvalue weighted by molar-refractivity contribution is 0.0966. The number of ketones is 1. The van der Waals surface area contributed by atoms with Gasteiger partial charge >= 0.3 is 0 Å². The average Bonchev–Trinajstić information content (AvgIpc) is 2.27. The molecule has 0 amide bonds. The Morgan fingerprint density at radius 2 is 2.07 bits per heavy atom. The highest BCUT2D eigenvalue weighted by molar-refractivity contribution is 5.98. The third-order valence-corrected chi connectivity index (χ3v) is 2.88. The number of carbonyl (C=O) groups excluding carboxylic acids is 1. The summed E-state index contributed by atoms with van der Waals surface area (Å²) in [6, 6.07) is 2.00. The average molecular weight is 210 g/mol. The largest absolute Gasteiger partial charge is 0.294 e. The Balaban J connectivity index is 2.53. The van der Waals surface area contributed by atoms with Crippen LogP contribution in [0.1, 0.15) is 35.7 Å². The van der Waals surface area contributed by atoms with Gasteiger partial charge in [0.15, 0.2) is 5.78 Å². The number of benzene rings is 1. The molecule has 0 bridgehead atoms. The summed E-state index contributed by atoms with van der Waals surface area (Å²) in [5.41, 5.74) is 0.614. The van der Waals surface area contributed by atoms with E-state index in [9.17, 15) is 13.6 Å². The molecule has 1 unspecified atom stereocenters. The number of carbonyl (C=O) groups is 1. The normalized spacial score (nSPS) is 21.0. The molecule has 0 spiro atoms. The van der Waals surface area contributed by atoms with E-state index in [-0.39, 0.29) is 17.3 Å². The van der Waals surface area contributed by atoms with Crippen molar-refractivity contribution in [3.05, 3.63) is 34.9 Å². The van der Waals surface area contributed by atoms with Crippen molar-refractivity contribution < 1.29 is 13.6 Å². The van der Waals surface area contributed by atoms with E-state index in [1.165, 1.54) is 0 Å². The van der Waals surface area contributed by atoms with E-state index in [0.29, 0.717) is 18.4 Å². The fourth-order valence-electron chi connectivity index (χ4n) is 2.03. The van der Waals surface area contributed by atoms with Crippen LogP contribution in [-0.4, -0.2) is 5.78 Å². The van der Waals surface area contributed by atoms with Crippen LogP contribution in [0.4, 0.5) is 8.78 Å². The fraction of sp³-hybridized carbons (Fsp3) is 0.417. The zero-order valence-electron chi connectivity index (χ0n) is 8.52. The molecular formula is C12H12F2O. The molecule has 0 fully saturated rings. The molecule has 80 valence electrons. The van der Waals surface area contributed by atoms with Crippen LogP contribution in [0.5, 0.6) is 0 Å². The third kappa shape index (κ3) is 1.91. The molecule has 2 rings (SSSR count). The maximum absolute atomic E-state index is 13.4. The van der Waals surface area contributed by atoms with Crippen molar-refractivity contribution in [2.45, 2.75) is 26.2 Å². The predicted molar refractivity (Wildman–Crippen MR) is 52.8 cm³/mol. The van der Waals surface area contributed by atoms with E-state index in [1.54, 1.807) is 0 Å². The summed E-state index contributed by atoms with van der Waals surface area (Å²) >= 11 is 0. The Hall–Kier alpha value is -1.25. The molecule has 1 nitrogen and oxygen atoms in total. The van der Waals surface area contributed by atoms with Gasteiger partial charge in [0, 0.05) is 18.1 Å². The molecule has 0 heterocycles. The first-order valence-electron chi connectivity index (χ1n) is 5.09. The third-order valence-electron chi connectivity index (χ3n) is 2.88. The Morgan fingerprint density at radius 1 is 1.33 bits per heavy atom. The zero-order chi connectivity index (χ0) is 11.0. The summed E-state index contributed by atoms with van der Waals surface area (Å²) in [5.74, 6) is -1.16. The van der Waals surface area contributed by atoms with Crippen LogP contribution >= 0.6 is 0 Å². The summed E-state index contributed by atoms with van der Waals surface area (Å²) in [5, 5.41) is 0. The molecular weight excluding hydrogens is 198 g/mol. The monoisotopic (exact) mass is 210 g/mol. The second-order valence-electron chi connectivity index (χ2n) is 4.18. The predicted octanol–water partition coefficient (Wildman–Crippen LogP) is 3.12. The van der Waals surface area contributed by atoms with Gasteiger partial charge in [-0.15, -0.1) is 0 Å². The minimum Gasteiger partial charge on any atom is -0.294 e. The summed E-state index contributed by atoms with van der Waals surface area (Å²) in [7, 11) is 0. The van der Waals surface area contributed by atoms with Crippen molar-refractivity contribution in [1.82, 2.24) is 0 Å². The van der Waals surface area contributed by atoms with E-state index in [4.69, 9.17) is 0 Å². The van der Waals surface area contributed by atoms with Gasteiger partial charge in [-0.25, -0.2) is 8.78 Å². The summed E-state index contributed by atoms with van der Waals surface area (Å²) < 4.78 is 26.4. The molecule has 0 radical (unpaired) electrons. The summed E-state index contributed by atoms with van der Waals surface area (Å²) in [6.45, 7) is 1.96. The highest BCUT2D eigenvalue weighted by Gasteiger charge is 2.23. The number of hydrogen-bond acceptors (Lipinski definition) is 1. The topological polar surface area (TPSA) is 17.1 Å². The molecule has 1 aliphatic rings. The molecule has 1 atom stereocenters. The van der Waals surface area contributed by atoms with Gasteiger partial charge in [0.1, 0.15) is 11.6 Å². The Kier molecular flexibility index (Phi) is 2.55. The SMILES string of the molecule is CC1CCc2c(F)cc(F)cc2C(=O)C1. The van der Waals surface area contributed by atoms with Crippen LogP contribution in [-0.2, 0) is 6.42 Å². The van der Waals surface area contributed by atoms with E-state index in [1.807, 2.05) is 6.92 Å². The van der Waals surface area contributed by atoms with Crippen molar-refractivity contribution in [2.75, 3.05) is 0 Å². The van der Waals surface area contributed by atoms with Crippen LogP contribution in [0, 0.1) is 17.6 Å². The summed E-state index contributed by atoms with van der Waals surface area (Å²) in [6.07, 6.45) is 1.69. The van der Waals surface area contributed by atoms with Gasteiger partial charge in [-0.05, 0) is 30.4 Å². The maximum Gasteiger partial charge on any atom is 0.163 e. The standard InChI is InChI=1S/C12H12F2O/c1-7-2-3-9-10(12(15)4-7)5-8(13)6-11(9)14/h5-7H,2-4H2,1H3. The van der Waals surface area contributed by atoms with Gasteiger partial charge in [-0.3, -0.25) is 4.79 Å². The molecule has 0 saturated heterocycles. The molecule has 0 aliphatic heterocycles. The van der Waals surface area contributed by atoms with Crippen molar-refractivity contribution in [1.29, 1.82) is 0 Å². The second-order valence-corrected chi connectivity index (χ2v) is 4.18. The van der Waals surface area contributed by atoms with Crippen LogP contribution in [0.3, 0.4) is 0 Å². The second kappa shape index (κ2) is 3.72. The number of rotatable bonds is 0. The lowest BCUT2D eigenvalue weighted by Crippen LogP contribution is -2.05. The molecule has 1 aliphatic carbocycles. The van der Waals surface area contributed by atoms with Gasteiger partial charge in [0.25, 0.3) is 0 Å². The van der Waals surface area contributed by atoms with Crippen molar-refractivity contribution >= 4 is 5.78 Å². The number of fused-ring (bicyclic) bond motifs is 1. The minimum atomic E-state index is -0.672. The Morgan fingerprint density at radius 3 is 2.80 bits per heavy atom. The first-order chi connectivity index (χ1) is 7.08. The van der Waals surface area contributed by atoms with Crippen molar-refractivity contribution in [3.63, 3.8) is 0 Å². The van der Waals surface area contributed by atoms with Crippen LogP contribution in [0.25, 0.3) is 0 Å². The van der Waals surface area contributed by atoms with Crippen molar-refractivity contribution in [2.24, 2.45) is 5.92 Å². The lowest BCUT2D eigenvalue weighted by Gasteiger charge is -2.05. The highest BCUT2D eigenvalue weighted by Crippen LogP contribution is 2.26. The maximum atomic E-state index is 13.4. The fourth-order valence-corrected chi connectivity index (χ4v) is 2.03. The molecule has 0 saturated carbocycles. The van der Waals surface area contributed by atoms with Crippen LogP contribution in [0.2, 0.25) is 0 Å². The minimum absolute atomic E-state index is 0.145. The number of Topliss-reactive ketones (excluding diaryl/α,β-unsaturated/α-hetero) is 1. The van der Waals surface area contributed by atoms with Crippen LogP contribution in [0.15, 0.2) is 12.1 Å². The van der Waals surface area contributed by atoms with E-state index < -0.39 is 11.6 Å². The molecule has 0 aromatic heterocycles. The van der Waals surface area contributed by atoms with Crippen molar-refractivity contribution in [3.8, 4) is 0 Å². The molecule has 0 N–H and O–H groups in total. The molecule has 1 aromatic carbocycles.